The molecular weight excluding hydrogens is 338 g/mol. The van der Waals surface area contributed by atoms with Gasteiger partial charge in [0.1, 0.15) is 5.82 Å². The van der Waals surface area contributed by atoms with Crippen molar-refractivity contribution in [1.82, 2.24) is 9.97 Å². The maximum Gasteiger partial charge on any atom is 0.224 e. The summed E-state index contributed by atoms with van der Waals surface area (Å²) in [5, 5.41) is 9.32. The number of carbonyl (C=O) groups is 1. The van der Waals surface area contributed by atoms with Crippen molar-refractivity contribution >= 4 is 29.0 Å². The van der Waals surface area contributed by atoms with Gasteiger partial charge in [0.25, 0.3) is 0 Å². The summed E-state index contributed by atoms with van der Waals surface area (Å²) in [6, 6.07) is 19.7. The Morgan fingerprint density at radius 3 is 2.52 bits per heavy atom. The highest BCUT2D eigenvalue weighted by molar-refractivity contribution is 5.89. The molecule has 0 saturated heterocycles. The number of rotatable bonds is 7. The molecule has 0 saturated carbocycles. The van der Waals surface area contributed by atoms with Gasteiger partial charge in [-0.3, -0.25) is 4.79 Å². The van der Waals surface area contributed by atoms with Gasteiger partial charge < -0.3 is 16.0 Å². The normalized spacial score (nSPS) is 10.3. The van der Waals surface area contributed by atoms with Gasteiger partial charge in [-0.05, 0) is 37.1 Å². The lowest BCUT2D eigenvalue weighted by Crippen LogP contribution is -2.09. The molecule has 0 bridgehead atoms. The van der Waals surface area contributed by atoms with Crippen molar-refractivity contribution in [3.05, 3.63) is 71.9 Å². The van der Waals surface area contributed by atoms with Crippen LogP contribution in [0.3, 0.4) is 0 Å². The first-order valence-corrected chi connectivity index (χ1v) is 8.87. The molecule has 3 rings (SSSR count). The SMILES string of the molecule is CC(=O)Nc1cccc(Nc2cc(C)nc(NCCc3ccccc3)n2)c1. The monoisotopic (exact) mass is 361 g/mol. The Bertz CT molecular complexity index is 911. The standard InChI is InChI=1S/C21H23N5O/c1-15-13-20(25-19-10-6-9-18(14-19)24-16(2)27)26-21(23-15)22-12-11-17-7-4-3-5-8-17/h3-10,13-14H,11-12H2,1-2H3,(H,24,27)(H2,22,23,25,26). The molecule has 1 aromatic heterocycles. The van der Waals surface area contributed by atoms with E-state index < -0.39 is 0 Å². The lowest BCUT2D eigenvalue weighted by atomic mass is 10.1. The second-order valence-electron chi connectivity index (χ2n) is 6.27. The summed E-state index contributed by atoms with van der Waals surface area (Å²) in [6.07, 6.45) is 0.902. The molecule has 0 unspecified atom stereocenters. The molecule has 1 amide bonds. The summed E-state index contributed by atoms with van der Waals surface area (Å²) in [4.78, 5) is 20.2. The van der Waals surface area contributed by atoms with Crippen molar-refractivity contribution in [2.24, 2.45) is 0 Å². The summed E-state index contributed by atoms with van der Waals surface area (Å²) in [5.41, 5.74) is 3.72. The van der Waals surface area contributed by atoms with Crippen LogP contribution in [0.2, 0.25) is 0 Å². The molecule has 1 heterocycles. The molecule has 6 nitrogen and oxygen atoms in total. The Hall–Kier alpha value is -3.41. The lowest BCUT2D eigenvalue weighted by molar-refractivity contribution is -0.114. The Labute approximate surface area is 159 Å². The minimum absolute atomic E-state index is 0.102. The second kappa shape index (κ2) is 8.80. The molecule has 27 heavy (non-hydrogen) atoms. The summed E-state index contributed by atoms with van der Waals surface area (Å²) in [7, 11) is 0. The Kier molecular flexibility index (Phi) is 5.99. The predicted molar refractivity (Wildman–Crippen MR) is 109 cm³/mol. The van der Waals surface area contributed by atoms with Gasteiger partial charge in [-0.1, -0.05) is 36.4 Å². The quantitative estimate of drug-likeness (QED) is 0.589. The number of hydrogen-bond acceptors (Lipinski definition) is 5. The number of aromatic nitrogens is 2. The van der Waals surface area contributed by atoms with Crippen LogP contribution in [0.15, 0.2) is 60.7 Å². The van der Waals surface area contributed by atoms with E-state index in [2.05, 4.69) is 38.1 Å². The number of aryl methyl sites for hydroxylation is 1. The minimum atomic E-state index is -0.102. The molecule has 0 spiro atoms. The first-order chi connectivity index (χ1) is 13.1. The van der Waals surface area contributed by atoms with Crippen LogP contribution in [0.1, 0.15) is 18.2 Å². The number of nitrogens with zero attached hydrogens (tertiary/aromatic N) is 2. The topological polar surface area (TPSA) is 78.9 Å². The highest BCUT2D eigenvalue weighted by atomic mass is 16.1. The third kappa shape index (κ3) is 5.81. The zero-order valence-corrected chi connectivity index (χ0v) is 15.5. The smallest absolute Gasteiger partial charge is 0.224 e. The number of anilines is 4. The van der Waals surface area contributed by atoms with E-state index >= 15 is 0 Å². The van der Waals surface area contributed by atoms with Gasteiger partial charge in [-0.2, -0.15) is 4.98 Å². The fourth-order valence-corrected chi connectivity index (χ4v) is 2.70. The van der Waals surface area contributed by atoms with Gasteiger partial charge in [-0.25, -0.2) is 4.98 Å². The van der Waals surface area contributed by atoms with E-state index in [4.69, 9.17) is 0 Å². The summed E-state index contributed by atoms with van der Waals surface area (Å²) < 4.78 is 0. The highest BCUT2D eigenvalue weighted by Crippen LogP contribution is 2.20. The molecule has 2 aromatic carbocycles. The van der Waals surface area contributed by atoms with E-state index in [1.54, 1.807) is 0 Å². The largest absolute Gasteiger partial charge is 0.354 e. The zero-order chi connectivity index (χ0) is 19.1. The molecule has 0 radical (unpaired) electrons. The first-order valence-electron chi connectivity index (χ1n) is 8.87. The fourth-order valence-electron chi connectivity index (χ4n) is 2.70. The molecule has 3 aromatic rings. The van der Waals surface area contributed by atoms with Gasteiger partial charge in [0.15, 0.2) is 0 Å². The number of benzene rings is 2. The van der Waals surface area contributed by atoms with E-state index in [-0.39, 0.29) is 5.91 Å². The van der Waals surface area contributed by atoms with Crippen molar-refractivity contribution in [2.75, 3.05) is 22.5 Å². The highest BCUT2D eigenvalue weighted by Gasteiger charge is 2.04. The third-order valence-electron chi connectivity index (χ3n) is 3.85. The maximum atomic E-state index is 11.2. The van der Waals surface area contributed by atoms with E-state index in [0.717, 1.165) is 30.0 Å². The van der Waals surface area contributed by atoms with Crippen molar-refractivity contribution in [2.45, 2.75) is 20.3 Å². The molecule has 0 aliphatic rings. The average molecular weight is 361 g/mol. The summed E-state index contributed by atoms with van der Waals surface area (Å²) in [5.74, 6) is 1.19. The van der Waals surface area contributed by atoms with E-state index in [9.17, 15) is 4.79 Å². The van der Waals surface area contributed by atoms with Crippen LogP contribution in [-0.2, 0) is 11.2 Å². The van der Waals surface area contributed by atoms with Crippen molar-refractivity contribution < 1.29 is 4.79 Å². The summed E-state index contributed by atoms with van der Waals surface area (Å²) in [6.45, 7) is 4.18. The number of nitrogens with one attached hydrogen (secondary N) is 3. The zero-order valence-electron chi connectivity index (χ0n) is 15.5. The van der Waals surface area contributed by atoms with Gasteiger partial charge in [0.2, 0.25) is 11.9 Å². The lowest BCUT2D eigenvalue weighted by Gasteiger charge is -2.11. The van der Waals surface area contributed by atoms with Crippen LogP contribution in [-0.4, -0.2) is 22.4 Å². The Balaban J connectivity index is 1.65. The molecule has 0 aliphatic heterocycles. The van der Waals surface area contributed by atoms with Gasteiger partial charge in [0.05, 0.1) is 0 Å². The van der Waals surface area contributed by atoms with Crippen LogP contribution in [0.5, 0.6) is 0 Å². The number of hydrogen-bond donors (Lipinski definition) is 3. The third-order valence-corrected chi connectivity index (χ3v) is 3.85. The number of amides is 1. The van der Waals surface area contributed by atoms with Crippen LogP contribution >= 0.6 is 0 Å². The summed E-state index contributed by atoms with van der Waals surface area (Å²) >= 11 is 0. The Morgan fingerprint density at radius 1 is 0.963 bits per heavy atom. The predicted octanol–water partition coefficient (Wildman–Crippen LogP) is 4.14. The first kappa shape index (κ1) is 18.4. The molecule has 138 valence electrons. The van der Waals surface area contributed by atoms with Crippen LogP contribution in [0.4, 0.5) is 23.1 Å². The molecular formula is C21H23N5O. The Morgan fingerprint density at radius 2 is 1.74 bits per heavy atom. The molecule has 0 atom stereocenters. The molecule has 3 N–H and O–H groups in total. The van der Waals surface area contributed by atoms with Gasteiger partial charge in [0, 0.05) is 36.6 Å². The van der Waals surface area contributed by atoms with Crippen LogP contribution in [0, 0.1) is 6.92 Å². The molecule has 6 heteroatoms. The van der Waals surface area contributed by atoms with Gasteiger partial charge in [-0.15, -0.1) is 0 Å². The van der Waals surface area contributed by atoms with E-state index in [1.165, 1.54) is 12.5 Å². The molecule has 0 aliphatic carbocycles. The molecule has 0 fully saturated rings. The van der Waals surface area contributed by atoms with E-state index in [0.29, 0.717) is 11.8 Å². The average Bonchev–Trinajstić information content (AvgIpc) is 2.62. The van der Waals surface area contributed by atoms with Crippen molar-refractivity contribution in [3.8, 4) is 0 Å². The maximum absolute atomic E-state index is 11.2. The van der Waals surface area contributed by atoms with Crippen LogP contribution in [0.25, 0.3) is 0 Å². The number of carbonyl (C=O) groups excluding carboxylic acids is 1. The van der Waals surface area contributed by atoms with E-state index in [1.807, 2.05) is 55.5 Å². The fraction of sp³-hybridized carbons (Fsp3) is 0.190. The minimum Gasteiger partial charge on any atom is -0.354 e. The van der Waals surface area contributed by atoms with Gasteiger partial charge >= 0.3 is 0 Å². The van der Waals surface area contributed by atoms with Crippen LogP contribution < -0.4 is 16.0 Å². The van der Waals surface area contributed by atoms with Crippen molar-refractivity contribution in [1.29, 1.82) is 0 Å². The second-order valence-corrected chi connectivity index (χ2v) is 6.27. The van der Waals surface area contributed by atoms with Crippen molar-refractivity contribution in [3.63, 3.8) is 0 Å².